The molecule has 0 radical (unpaired) electrons. The van der Waals surface area contributed by atoms with Gasteiger partial charge in [0.2, 0.25) is 5.91 Å². The number of piperidine rings is 1. The Labute approximate surface area is 149 Å². The maximum atomic E-state index is 11.8. The molecule has 2 aromatic rings. The van der Waals surface area contributed by atoms with Crippen molar-refractivity contribution in [3.8, 4) is 0 Å². The highest BCUT2D eigenvalue weighted by Gasteiger charge is 2.23. The Morgan fingerprint density at radius 3 is 3.09 bits per heavy atom. The van der Waals surface area contributed by atoms with E-state index >= 15 is 0 Å². The van der Waals surface area contributed by atoms with Crippen molar-refractivity contribution in [1.29, 1.82) is 0 Å². The Balaban J connectivity index is 0.00000192. The number of rotatable bonds is 3. The van der Waals surface area contributed by atoms with Gasteiger partial charge >= 0.3 is 0 Å². The third-order valence-electron chi connectivity index (χ3n) is 4.00. The summed E-state index contributed by atoms with van der Waals surface area (Å²) < 4.78 is 0.917. The second kappa shape index (κ2) is 7.51. The van der Waals surface area contributed by atoms with E-state index < -0.39 is 0 Å². The van der Waals surface area contributed by atoms with Gasteiger partial charge in [0.15, 0.2) is 0 Å². The largest absolute Gasteiger partial charge is 0.368 e. The van der Waals surface area contributed by atoms with Crippen molar-refractivity contribution in [2.45, 2.75) is 32.2 Å². The van der Waals surface area contributed by atoms with Crippen LogP contribution in [0.4, 0.5) is 11.4 Å². The minimum Gasteiger partial charge on any atom is -0.368 e. The van der Waals surface area contributed by atoms with Crippen LogP contribution in [0.15, 0.2) is 16.9 Å². The van der Waals surface area contributed by atoms with Crippen molar-refractivity contribution < 1.29 is 4.79 Å². The van der Waals surface area contributed by atoms with Gasteiger partial charge in [0.05, 0.1) is 21.2 Å². The van der Waals surface area contributed by atoms with Gasteiger partial charge in [-0.05, 0) is 28.8 Å². The molecule has 0 aliphatic carbocycles. The number of nitrogens with zero attached hydrogens (tertiary/aromatic N) is 2. The van der Waals surface area contributed by atoms with Crippen LogP contribution in [-0.4, -0.2) is 35.0 Å². The van der Waals surface area contributed by atoms with Gasteiger partial charge < -0.3 is 20.9 Å². The number of nitrogens with two attached hydrogens (primary N) is 1. The van der Waals surface area contributed by atoms with E-state index in [1.807, 2.05) is 6.92 Å². The number of hydrogen-bond donors (Lipinski definition) is 3. The summed E-state index contributed by atoms with van der Waals surface area (Å²) >= 11 is 3.60. The third kappa shape index (κ3) is 3.62. The molecule has 1 amide bonds. The molecule has 1 fully saturated rings. The molecule has 3 rings (SSSR count). The number of pyridine rings is 1. The zero-order valence-corrected chi connectivity index (χ0v) is 15.3. The van der Waals surface area contributed by atoms with Gasteiger partial charge in [0, 0.05) is 37.9 Å². The SMILES string of the molecule is CCC(=O)Nc1c[nH]c2ncc(Br)c(N3CCCC(N)C3)c12.Cl. The molecule has 2 aromatic heterocycles. The molecule has 3 heterocycles. The third-order valence-corrected chi connectivity index (χ3v) is 4.58. The second-order valence-corrected chi connectivity index (χ2v) is 6.49. The predicted molar refractivity (Wildman–Crippen MR) is 99.4 cm³/mol. The highest BCUT2D eigenvalue weighted by Crippen LogP contribution is 2.38. The Bertz CT molecular complexity index is 704. The van der Waals surface area contributed by atoms with Crippen LogP contribution in [0.2, 0.25) is 0 Å². The maximum Gasteiger partial charge on any atom is 0.224 e. The Hall–Kier alpha value is -1.31. The van der Waals surface area contributed by atoms with Gasteiger partial charge in [-0.3, -0.25) is 4.79 Å². The lowest BCUT2D eigenvalue weighted by molar-refractivity contribution is -0.115. The molecule has 0 bridgehead atoms. The number of aromatic nitrogens is 2. The van der Waals surface area contributed by atoms with Crippen LogP contribution in [0.25, 0.3) is 11.0 Å². The number of H-pyrrole nitrogens is 1. The number of nitrogens with one attached hydrogen (secondary N) is 2. The van der Waals surface area contributed by atoms with Crippen LogP contribution in [0.3, 0.4) is 0 Å². The summed E-state index contributed by atoms with van der Waals surface area (Å²) in [6, 6.07) is 0.177. The molecule has 1 saturated heterocycles. The summed E-state index contributed by atoms with van der Waals surface area (Å²) in [4.78, 5) is 21.6. The zero-order chi connectivity index (χ0) is 15.7. The van der Waals surface area contributed by atoms with Crippen LogP contribution in [0.1, 0.15) is 26.2 Å². The first-order valence-electron chi connectivity index (χ1n) is 7.56. The van der Waals surface area contributed by atoms with Crippen molar-refractivity contribution in [1.82, 2.24) is 9.97 Å². The molecule has 1 aliphatic heterocycles. The fraction of sp³-hybridized carbons (Fsp3) is 0.467. The molecule has 8 heteroatoms. The van der Waals surface area contributed by atoms with E-state index in [0.717, 1.165) is 52.8 Å². The normalized spacial score (nSPS) is 17.9. The van der Waals surface area contributed by atoms with E-state index in [2.05, 4.69) is 36.1 Å². The lowest BCUT2D eigenvalue weighted by atomic mass is 10.1. The fourth-order valence-electron chi connectivity index (χ4n) is 2.92. The first-order chi connectivity index (χ1) is 10.6. The number of hydrogen-bond acceptors (Lipinski definition) is 4. The summed E-state index contributed by atoms with van der Waals surface area (Å²) in [5.41, 5.74) is 8.71. The Kier molecular flexibility index (Phi) is 5.89. The highest BCUT2D eigenvalue weighted by atomic mass is 79.9. The molecule has 6 nitrogen and oxygen atoms in total. The van der Waals surface area contributed by atoms with Crippen molar-refractivity contribution in [3.05, 3.63) is 16.9 Å². The van der Waals surface area contributed by atoms with Crippen LogP contribution in [0, 0.1) is 0 Å². The van der Waals surface area contributed by atoms with Crippen LogP contribution in [0.5, 0.6) is 0 Å². The maximum absolute atomic E-state index is 11.8. The van der Waals surface area contributed by atoms with Gasteiger partial charge in [-0.25, -0.2) is 4.98 Å². The van der Waals surface area contributed by atoms with Crippen molar-refractivity contribution in [2.75, 3.05) is 23.3 Å². The molecule has 0 saturated carbocycles. The fourth-order valence-corrected chi connectivity index (χ4v) is 3.47. The van der Waals surface area contributed by atoms with E-state index in [-0.39, 0.29) is 24.4 Å². The number of anilines is 2. The highest BCUT2D eigenvalue weighted by molar-refractivity contribution is 9.10. The van der Waals surface area contributed by atoms with E-state index in [1.165, 1.54) is 0 Å². The molecule has 1 unspecified atom stereocenters. The molecular formula is C15H21BrClN5O. The lowest BCUT2D eigenvalue weighted by Crippen LogP contribution is -2.43. The summed E-state index contributed by atoms with van der Waals surface area (Å²) in [7, 11) is 0. The molecule has 1 atom stereocenters. The zero-order valence-electron chi connectivity index (χ0n) is 12.9. The van der Waals surface area contributed by atoms with E-state index in [1.54, 1.807) is 12.4 Å². The van der Waals surface area contributed by atoms with Crippen LogP contribution >= 0.6 is 28.3 Å². The van der Waals surface area contributed by atoms with Crippen molar-refractivity contribution in [3.63, 3.8) is 0 Å². The van der Waals surface area contributed by atoms with E-state index in [0.29, 0.717) is 6.42 Å². The summed E-state index contributed by atoms with van der Waals surface area (Å²) in [5.74, 6) is -0.0119. The second-order valence-electron chi connectivity index (χ2n) is 5.63. The first kappa shape index (κ1) is 18.0. The van der Waals surface area contributed by atoms with Gasteiger partial charge in [0.25, 0.3) is 0 Å². The van der Waals surface area contributed by atoms with Gasteiger partial charge in [0.1, 0.15) is 5.65 Å². The minimum absolute atomic E-state index is 0. The van der Waals surface area contributed by atoms with Crippen LogP contribution < -0.4 is 16.0 Å². The molecular weight excluding hydrogens is 382 g/mol. The monoisotopic (exact) mass is 401 g/mol. The number of halogens is 2. The number of fused-ring (bicyclic) bond motifs is 1. The molecule has 4 N–H and O–H groups in total. The Morgan fingerprint density at radius 1 is 1.61 bits per heavy atom. The summed E-state index contributed by atoms with van der Waals surface area (Å²) in [5, 5.41) is 3.88. The number of aromatic amines is 1. The molecule has 23 heavy (non-hydrogen) atoms. The topological polar surface area (TPSA) is 87.0 Å². The standard InChI is InChI=1S/C15H20BrN5O.ClH/c1-2-12(22)20-11-7-19-15-13(11)14(10(16)6-18-15)21-5-3-4-9(17)8-21;/h6-7,9H,2-5,8,17H2,1H3,(H,18,19)(H,20,22);1H. The average Bonchev–Trinajstić information content (AvgIpc) is 2.90. The molecule has 0 aromatic carbocycles. The smallest absolute Gasteiger partial charge is 0.224 e. The predicted octanol–water partition coefficient (Wildman–Crippen LogP) is 3.02. The average molecular weight is 403 g/mol. The minimum atomic E-state index is -0.0119. The Morgan fingerprint density at radius 2 is 2.39 bits per heavy atom. The van der Waals surface area contributed by atoms with E-state index in [4.69, 9.17) is 5.73 Å². The first-order valence-corrected chi connectivity index (χ1v) is 8.35. The molecule has 0 spiro atoms. The number of carbonyl (C=O) groups excluding carboxylic acids is 1. The quantitative estimate of drug-likeness (QED) is 0.736. The van der Waals surface area contributed by atoms with Crippen molar-refractivity contribution >= 4 is 56.7 Å². The summed E-state index contributed by atoms with van der Waals surface area (Å²) in [6.07, 6.45) is 6.15. The summed E-state index contributed by atoms with van der Waals surface area (Å²) in [6.45, 7) is 3.60. The number of amides is 1. The van der Waals surface area contributed by atoms with Crippen molar-refractivity contribution in [2.24, 2.45) is 5.73 Å². The van der Waals surface area contributed by atoms with E-state index in [9.17, 15) is 4.79 Å². The number of carbonyl (C=O) groups is 1. The molecule has 1 aliphatic rings. The molecule has 126 valence electrons. The van der Waals surface area contributed by atoms with Gasteiger partial charge in [-0.2, -0.15) is 0 Å². The van der Waals surface area contributed by atoms with Gasteiger partial charge in [-0.1, -0.05) is 6.92 Å². The van der Waals surface area contributed by atoms with Gasteiger partial charge in [-0.15, -0.1) is 12.4 Å². The lowest BCUT2D eigenvalue weighted by Gasteiger charge is -2.33. The van der Waals surface area contributed by atoms with Crippen LogP contribution in [-0.2, 0) is 4.79 Å².